The van der Waals surface area contributed by atoms with Crippen LogP contribution in [-0.4, -0.2) is 35.8 Å². The Morgan fingerprint density at radius 2 is 2.05 bits per heavy atom. The van der Waals surface area contributed by atoms with E-state index in [1.54, 1.807) is 18.0 Å². The molecule has 108 valence electrons. The second-order valence-corrected chi connectivity index (χ2v) is 8.12. The van der Waals surface area contributed by atoms with Crippen molar-refractivity contribution >= 4 is 37.9 Å². The Kier molecular flexibility index (Phi) is 4.90. The molecule has 0 amide bonds. The van der Waals surface area contributed by atoms with Crippen LogP contribution in [0, 0.1) is 0 Å². The maximum atomic E-state index is 11.9. The third-order valence-electron chi connectivity index (χ3n) is 2.55. The van der Waals surface area contributed by atoms with Crippen LogP contribution in [0.1, 0.15) is 5.69 Å². The minimum Gasteiger partial charge on any atom is -0.240 e. The standard InChI is InChI=1S/C12H14BrN3O2S2/c1-15(2)20(17,18)16-7-10(14-9-16)8-19-12-6-4-3-5-11(12)13/h3-7,9H,8H2,1-2H3. The van der Waals surface area contributed by atoms with Crippen molar-refractivity contribution in [1.82, 2.24) is 13.3 Å². The number of rotatable bonds is 5. The maximum absolute atomic E-state index is 11.9. The molecule has 0 unspecified atom stereocenters. The van der Waals surface area contributed by atoms with Crippen molar-refractivity contribution in [2.75, 3.05) is 14.1 Å². The first-order valence-corrected chi connectivity index (χ1v) is 8.92. The van der Waals surface area contributed by atoms with Gasteiger partial charge >= 0.3 is 10.2 Å². The van der Waals surface area contributed by atoms with E-state index < -0.39 is 10.2 Å². The van der Waals surface area contributed by atoms with Crippen molar-refractivity contribution < 1.29 is 8.42 Å². The lowest BCUT2D eigenvalue weighted by Gasteiger charge is -2.10. The molecule has 1 heterocycles. The summed E-state index contributed by atoms with van der Waals surface area (Å²) in [6.07, 6.45) is 2.87. The first-order chi connectivity index (χ1) is 9.41. The van der Waals surface area contributed by atoms with Gasteiger partial charge < -0.3 is 0 Å². The van der Waals surface area contributed by atoms with Gasteiger partial charge in [-0.25, -0.2) is 8.96 Å². The third-order valence-corrected chi connectivity index (χ3v) is 6.27. The third kappa shape index (κ3) is 3.43. The quantitative estimate of drug-likeness (QED) is 0.753. The van der Waals surface area contributed by atoms with Gasteiger partial charge in [0.2, 0.25) is 0 Å². The molecule has 0 saturated heterocycles. The van der Waals surface area contributed by atoms with Crippen LogP contribution in [0.5, 0.6) is 0 Å². The topological polar surface area (TPSA) is 55.2 Å². The average molecular weight is 376 g/mol. The minimum absolute atomic E-state index is 0.610. The zero-order valence-electron chi connectivity index (χ0n) is 11.0. The fraction of sp³-hybridized carbons (Fsp3) is 0.250. The van der Waals surface area contributed by atoms with Gasteiger partial charge in [-0.2, -0.15) is 12.7 Å². The van der Waals surface area contributed by atoms with Gasteiger partial charge in [0.05, 0.1) is 5.69 Å². The predicted octanol–water partition coefficient (Wildman–Crippen LogP) is 2.59. The second-order valence-electron chi connectivity index (χ2n) is 4.20. The Bertz CT molecular complexity index is 698. The summed E-state index contributed by atoms with van der Waals surface area (Å²) in [6, 6.07) is 7.88. The van der Waals surface area contributed by atoms with Crippen LogP contribution in [0.25, 0.3) is 0 Å². The van der Waals surface area contributed by atoms with Crippen molar-refractivity contribution in [3.05, 3.63) is 47.0 Å². The van der Waals surface area contributed by atoms with Crippen LogP contribution in [0.2, 0.25) is 0 Å². The van der Waals surface area contributed by atoms with E-state index in [-0.39, 0.29) is 0 Å². The Morgan fingerprint density at radius 1 is 1.35 bits per heavy atom. The number of hydrogen-bond donors (Lipinski definition) is 0. The van der Waals surface area contributed by atoms with Gasteiger partial charge in [-0.1, -0.05) is 12.1 Å². The van der Waals surface area contributed by atoms with E-state index in [2.05, 4.69) is 20.9 Å². The molecule has 0 spiro atoms. The van der Waals surface area contributed by atoms with Crippen LogP contribution >= 0.6 is 27.7 Å². The van der Waals surface area contributed by atoms with Gasteiger partial charge in [0, 0.05) is 35.4 Å². The SMILES string of the molecule is CN(C)S(=O)(=O)n1cnc(CSc2ccccc2Br)c1. The Balaban J connectivity index is 2.10. The van der Waals surface area contributed by atoms with E-state index in [1.165, 1.54) is 20.4 Å². The van der Waals surface area contributed by atoms with E-state index >= 15 is 0 Å². The van der Waals surface area contributed by atoms with E-state index in [0.29, 0.717) is 5.75 Å². The van der Waals surface area contributed by atoms with Gasteiger partial charge in [0.25, 0.3) is 0 Å². The highest BCUT2D eigenvalue weighted by atomic mass is 79.9. The number of hydrogen-bond acceptors (Lipinski definition) is 4. The lowest BCUT2D eigenvalue weighted by Crippen LogP contribution is -2.27. The molecule has 0 radical (unpaired) electrons. The molecule has 0 bridgehead atoms. The summed E-state index contributed by atoms with van der Waals surface area (Å²) in [5, 5.41) is 0. The summed E-state index contributed by atoms with van der Waals surface area (Å²) < 4.78 is 27.1. The summed E-state index contributed by atoms with van der Waals surface area (Å²) in [4.78, 5) is 5.23. The van der Waals surface area contributed by atoms with Crippen LogP contribution in [-0.2, 0) is 16.0 Å². The first-order valence-electron chi connectivity index (χ1n) is 5.74. The largest absolute Gasteiger partial charge is 0.308 e. The molecule has 2 aromatic rings. The van der Waals surface area contributed by atoms with Crippen molar-refractivity contribution in [3.63, 3.8) is 0 Å². The summed E-state index contributed by atoms with van der Waals surface area (Å²) in [7, 11) is -0.496. The molecule has 1 aromatic carbocycles. The van der Waals surface area contributed by atoms with E-state index in [9.17, 15) is 8.42 Å². The van der Waals surface area contributed by atoms with Crippen LogP contribution < -0.4 is 0 Å². The van der Waals surface area contributed by atoms with Crippen molar-refractivity contribution in [2.45, 2.75) is 10.6 Å². The molecule has 8 heteroatoms. The summed E-state index contributed by atoms with van der Waals surface area (Å²) in [5.41, 5.74) is 0.719. The van der Waals surface area contributed by atoms with Crippen molar-refractivity contribution in [2.24, 2.45) is 0 Å². The first kappa shape index (κ1) is 15.6. The second kappa shape index (κ2) is 6.30. The predicted molar refractivity (Wildman–Crippen MR) is 83.9 cm³/mol. The average Bonchev–Trinajstić information content (AvgIpc) is 2.87. The fourth-order valence-electron chi connectivity index (χ4n) is 1.45. The molecule has 20 heavy (non-hydrogen) atoms. The Labute approximate surface area is 131 Å². The van der Waals surface area contributed by atoms with E-state index in [4.69, 9.17) is 0 Å². The highest BCUT2D eigenvalue weighted by Gasteiger charge is 2.16. The molecule has 0 aliphatic carbocycles. The normalized spacial score (nSPS) is 12.0. The smallest absolute Gasteiger partial charge is 0.240 e. The number of thioether (sulfide) groups is 1. The minimum atomic E-state index is -3.48. The lowest BCUT2D eigenvalue weighted by molar-refractivity contribution is 0.510. The van der Waals surface area contributed by atoms with Crippen molar-refractivity contribution in [1.29, 1.82) is 0 Å². The highest BCUT2D eigenvalue weighted by molar-refractivity contribution is 9.10. The number of aromatic nitrogens is 2. The van der Waals surface area contributed by atoms with E-state index in [0.717, 1.165) is 23.3 Å². The van der Waals surface area contributed by atoms with Gasteiger partial charge in [-0.05, 0) is 28.1 Å². The maximum Gasteiger partial charge on any atom is 0.308 e. The molecule has 1 aromatic heterocycles. The fourth-order valence-corrected chi connectivity index (χ4v) is 3.71. The molecule has 2 rings (SSSR count). The monoisotopic (exact) mass is 375 g/mol. The van der Waals surface area contributed by atoms with Gasteiger partial charge in [0.15, 0.2) is 0 Å². The zero-order chi connectivity index (χ0) is 14.8. The molecule has 0 saturated carbocycles. The Hall–Kier alpha value is -0.830. The molecule has 0 aliphatic heterocycles. The molecule has 0 aliphatic rings. The van der Waals surface area contributed by atoms with Crippen LogP contribution in [0.15, 0.2) is 46.2 Å². The van der Waals surface area contributed by atoms with Gasteiger partial charge in [-0.3, -0.25) is 0 Å². The summed E-state index contributed by atoms with van der Waals surface area (Å²) >= 11 is 5.08. The summed E-state index contributed by atoms with van der Waals surface area (Å²) in [5.74, 6) is 0.610. The number of nitrogens with zero attached hydrogens (tertiary/aromatic N) is 3. The molecule has 0 fully saturated rings. The Morgan fingerprint density at radius 3 is 2.70 bits per heavy atom. The molecular formula is C12H14BrN3O2S2. The van der Waals surface area contributed by atoms with Gasteiger partial charge in [-0.15, -0.1) is 11.8 Å². The molecule has 5 nitrogen and oxygen atoms in total. The zero-order valence-corrected chi connectivity index (χ0v) is 14.2. The molecule has 0 N–H and O–H groups in total. The number of imidazole rings is 1. The van der Waals surface area contributed by atoms with Crippen LogP contribution in [0.4, 0.5) is 0 Å². The molecule has 0 atom stereocenters. The highest BCUT2D eigenvalue weighted by Crippen LogP contribution is 2.29. The summed E-state index contributed by atoms with van der Waals surface area (Å²) in [6.45, 7) is 0. The van der Waals surface area contributed by atoms with Crippen LogP contribution in [0.3, 0.4) is 0 Å². The molecular weight excluding hydrogens is 362 g/mol. The number of halogens is 1. The number of benzene rings is 1. The lowest BCUT2D eigenvalue weighted by atomic mass is 10.4. The van der Waals surface area contributed by atoms with E-state index in [1.807, 2.05) is 24.3 Å². The van der Waals surface area contributed by atoms with Gasteiger partial charge in [0.1, 0.15) is 6.33 Å². The van der Waals surface area contributed by atoms with Crippen molar-refractivity contribution in [3.8, 4) is 0 Å².